The summed E-state index contributed by atoms with van der Waals surface area (Å²) in [7, 11) is 1.74. The van der Waals surface area contributed by atoms with Crippen molar-refractivity contribution in [3.05, 3.63) is 58.1 Å². The number of rotatable bonds is 5. The number of thiazole rings is 1. The number of hydrogen-bond acceptors (Lipinski definition) is 4. The predicted octanol–water partition coefficient (Wildman–Crippen LogP) is 2.51. The summed E-state index contributed by atoms with van der Waals surface area (Å²) < 4.78 is 0. The van der Waals surface area contributed by atoms with Crippen molar-refractivity contribution in [2.45, 2.75) is 6.54 Å². The smallest absolute Gasteiger partial charge is 0.328 e. The number of aromatic nitrogens is 1. The van der Waals surface area contributed by atoms with E-state index in [1.165, 1.54) is 17.4 Å². The minimum absolute atomic E-state index is 0.0626. The Bertz CT molecular complexity index is 648. The molecule has 0 bridgehead atoms. The summed E-state index contributed by atoms with van der Waals surface area (Å²) in [4.78, 5) is 28.6. The van der Waals surface area contributed by atoms with Gasteiger partial charge in [-0.2, -0.15) is 0 Å². The van der Waals surface area contributed by atoms with Crippen molar-refractivity contribution in [2.75, 3.05) is 7.05 Å². The van der Waals surface area contributed by atoms with Gasteiger partial charge in [0.1, 0.15) is 4.88 Å². The third-order valence-electron chi connectivity index (χ3n) is 2.81. The zero-order chi connectivity index (χ0) is 15.2. The average molecular weight is 302 g/mol. The maximum Gasteiger partial charge on any atom is 0.328 e. The molecule has 0 radical (unpaired) electrons. The van der Waals surface area contributed by atoms with Gasteiger partial charge in [-0.25, -0.2) is 4.79 Å². The number of benzene rings is 1. The maximum absolute atomic E-state index is 12.1. The lowest BCUT2D eigenvalue weighted by Gasteiger charge is -2.16. The van der Waals surface area contributed by atoms with Crippen LogP contribution in [-0.4, -0.2) is 33.9 Å². The van der Waals surface area contributed by atoms with E-state index < -0.39 is 5.97 Å². The van der Waals surface area contributed by atoms with E-state index in [0.29, 0.717) is 11.4 Å². The highest BCUT2D eigenvalue weighted by Gasteiger charge is 2.13. The van der Waals surface area contributed by atoms with E-state index in [9.17, 15) is 9.59 Å². The van der Waals surface area contributed by atoms with Gasteiger partial charge in [0.15, 0.2) is 0 Å². The van der Waals surface area contributed by atoms with Gasteiger partial charge in [0, 0.05) is 19.7 Å². The molecule has 0 aliphatic carbocycles. The SMILES string of the molecule is CN(Cc1ccc(/C=C/C(=O)O)cc1)C(=O)c1cncs1. The normalized spacial score (nSPS) is 10.7. The molecule has 1 N–H and O–H groups in total. The van der Waals surface area contributed by atoms with Crippen LogP contribution in [0.15, 0.2) is 42.0 Å². The molecule has 0 aliphatic heterocycles. The van der Waals surface area contributed by atoms with Crippen molar-refractivity contribution < 1.29 is 14.7 Å². The Labute approximate surface area is 126 Å². The zero-order valence-corrected chi connectivity index (χ0v) is 12.2. The molecule has 0 spiro atoms. The molecule has 0 fully saturated rings. The summed E-state index contributed by atoms with van der Waals surface area (Å²) in [5, 5.41) is 8.56. The fraction of sp³-hybridized carbons (Fsp3) is 0.133. The summed E-state index contributed by atoms with van der Waals surface area (Å²) >= 11 is 1.31. The molecule has 6 heteroatoms. The van der Waals surface area contributed by atoms with E-state index in [1.54, 1.807) is 23.7 Å². The quantitative estimate of drug-likeness (QED) is 0.862. The number of carboxylic acid groups (broad SMARTS) is 1. The van der Waals surface area contributed by atoms with Crippen LogP contribution >= 0.6 is 11.3 Å². The van der Waals surface area contributed by atoms with Crippen molar-refractivity contribution in [3.8, 4) is 0 Å². The Morgan fingerprint density at radius 3 is 2.62 bits per heavy atom. The van der Waals surface area contributed by atoms with E-state index >= 15 is 0 Å². The lowest BCUT2D eigenvalue weighted by atomic mass is 10.1. The maximum atomic E-state index is 12.1. The van der Waals surface area contributed by atoms with Gasteiger partial charge in [0.2, 0.25) is 0 Å². The Balaban J connectivity index is 2.00. The van der Waals surface area contributed by atoms with Gasteiger partial charge in [0.05, 0.1) is 11.7 Å². The molecule has 2 aromatic rings. The van der Waals surface area contributed by atoms with Crippen molar-refractivity contribution in [3.63, 3.8) is 0 Å². The highest BCUT2D eigenvalue weighted by atomic mass is 32.1. The molecule has 2 rings (SSSR count). The molecular formula is C15H14N2O3S. The van der Waals surface area contributed by atoms with Gasteiger partial charge in [-0.05, 0) is 17.2 Å². The first kappa shape index (κ1) is 14.9. The highest BCUT2D eigenvalue weighted by molar-refractivity contribution is 7.11. The number of carbonyl (C=O) groups is 2. The predicted molar refractivity (Wildman–Crippen MR) is 81.0 cm³/mol. The lowest BCUT2D eigenvalue weighted by molar-refractivity contribution is -0.131. The molecule has 1 aromatic carbocycles. The topological polar surface area (TPSA) is 70.5 Å². The summed E-state index contributed by atoms with van der Waals surface area (Å²) in [6, 6.07) is 7.38. The van der Waals surface area contributed by atoms with Gasteiger partial charge in [-0.1, -0.05) is 24.3 Å². The van der Waals surface area contributed by atoms with E-state index in [-0.39, 0.29) is 5.91 Å². The Morgan fingerprint density at radius 2 is 2.05 bits per heavy atom. The first-order valence-electron chi connectivity index (χ1n) is 6.20. The van der Waals surface area contributed by atoms with Crippen LogP contribution in [0.4, 0.5) is 0 Å². The van der Waals surface area contributed by atoms with Crippen LogP contribution < -0.4 is 0 Å². The molecule has 0 saturated heterocycles. The molecule has 108 valence electrons. The van der Waals surface area contributed by atoms with Gasteiger partial charge in [-0.15, -0.1) is 11.3 Å². The van der Waals surface area contributed by atoms with Crippen molar-refractivity contribution in [1.82, 2.24) is 9.88 Å². The van der Waals surface area contributed by atoms with Gasteiger partial charge in [-0.3, -0.25) is 9.78 Å². The first-order chi connectivity index (χ1) is 10.1. The highest BCUT2D eigenvalue weighted by Crippen LogP contribution is 2.12. The number of hydrogen-bond donors (Lipinski definition) is 1. The Morgan fingerprint density at radius 1 is 1.33 bits per heavy atom. The molecule has 0 atom stereocenters. The molecule has 1 aromatic heterocycles. The van der Waals surface area contributed by atoms with Crippen molar-refractivity contribution in [2.24, 2.45) is 0 Å². The largest absolute Gasteiger partial charge is 0.478 e. The van der Waals surface area contributed by atoms with E-state index in [1.807, 2.05) is 24.3 Å². The number of carboxylic acids is 1. The van der Waals surface area contributed by atoms with Crippen LogP contribution in [-0.2, 0) is 11.3 Å². The van der Waals surface area contributed by atoms with Gasteiger partial charge < -0.3 is 10.0 Å². The molecule has 5 nitrogen and oxygen atoms in total. The molecule has 1 amide bonds. The second kappa shape index (κ2) is 6.81. The van der Waals surface area contributed by atoms with E-state index in [0.717, 1.165) is 17.2 Å². The van der Waals surface area contributed by atoms with Crippen LogP contribution in [0.3, 0.4) is 0 Å². The minimum Gasteiger partial charge on any atom is -0.478 e. The van der Waals surface area contributed by atoms with Crippen LogP contribution in [0.1, 0.15) is 20.8 Å². The summed E-state index contributed by atoms with van der Waals surface area (Å²) in [6.45, 7) is 0.486. The third-order valence-corrected chi connectivity index (χ3v) is 3.57. The first-order valence-corrected chi connectivity index (χ1v) is 7.08. The van der Waals surface area contributed by atoms with Crippen LogP contribution in [0.2, 0.25) is 0 Å². The number of amides is 1. The zero-order valence-electron chi connectivity index (χ0n) is 11.4. The van der Waals surface area contributed by atoms with E-state index in [2.05, 4.69) is 4.98 Å². The lowest BCUT2D eigenvalue weighted by Crippen LogP contribution is -2.25. The van der Waals surface area contributed by atoms with Crippen LogP contribution in [0.25, 0.3) is 6.08 Å². The van der Waals surface area contributed by atoms with E-state index in [4.69, 9.17) is 5.11 Å². The van der Waals surface area contributed by atoms with Crippen molar-refractivity contribution in [1.29, 1.82) is 0 Å². The van der Waals surface area contributed by atoms with Crippen LogP contribution in [0, 0.1) is 0 Å². The fourth-order valence-corrected chi connectivity index (χ4v) is 2.37. The Kier molecular flexibility index (Phi) is 4.84. The molecule has 21 heavy (non-hydrogen) atoms. The Hall–Kier alpha value is -2.47. The standard InChI is InChI=1S/C15H14N2O3S/c1-17(15(20)13-8-16-10-21-13)9-12-4-2-11(3-5-12)6-7-14(18)19/h2-8,10H,9H2,1H3,(H,18,19)/b7-6+. The summed E-state index contributed by atoms with van der Waals surface area (Å²) in [5.74, 6) is -1.04. The average Bonchev–Trinajstić information content (AvgIpc) is 2.99. The number of carbonyl (C=O) groups excluding carboxylic acids is 1. The monoisotopic (exact) mass is 302 g/mol. The number of nitrogens with zero attached hydrogens (tertiary/aromatic N) is 2. The number of aliphatic carboxylic acids is 1. The fourth-order valence-electron chi connectivity index (χ4n) is 1.76. The van der Waals surface area contributed by atoms with Crippen LogP contribution in [0.5, 0.6) is 0 Å². The second-order valence-corrected chi connectivity index (χ2v) is 5.33. The molecule has 0 saturated carbocycles. The minimum atomic E-state index is -0.978. The molecule has 0 aliphatic rings. The summed E-state index contributed by atoms with van der Waals surface area (Å²) in [5.41, 5.74) is 3.41. The summed E-state index contributed by atoms with van der Waals surface area (Å²) in [6.07, 6.45) is 4.18. The molecule has 0 unspecified atom stereocenters. The third kappa shape index (κ3) is 4.25. The van der Waals surface area contributed by atoms with Gasteiger partial charge in [0.25, 0.3) is 5.91 Å². The molecule has 1 heterocycles. The second-order valence-electron chi connectivity index (χ2n) is 4.44. The van der Waals surface area contributed by atoms with Crippen molar-refractivity contribution >= 4 is 29.3 Å². The molecular weight excluding hydrogens is 288 g/mol. The van der Waals surface area contributed by atoms with Gasteiger partial charge >= 0.3 is 5.97 Å².